The molecule has 1 aromatic rings. The number of carbonyl (C=O) groups is 1. The van der Waals surface area contributed by atoms with Crippen molar-refractivity contribution in [3.8, 4) is 0 Å². The summed E-state index contributed by atoms with van der Waals surface area (Å²) in [6.45, 7) is 1.87. The average Bonchev–Trinajstić information content (AvgIpc) is 2.29. The van der Waals surface area contributed by atoms with Gasteiger partial charge in [-0.05, 0) is 25.1 Å². The minimum Gasteiger partial charge on any atom is -0.393 e. The molecule has 1 amide bonds. The zero-order valence-corrected chi connectivity index (χ0v) is 12.4. The lowest BCUT2D eigenvalue weighted by atomic mass is 10.1. The number of rotatable bonds is 4. The molecule has 1 aromatic carbocycles. The molecule has 0 spiro atoms. The van der Waals surface area contributed by atoms with Crippen LogP contribution in [0.2, 0.25) is 10.0 Å². The number of amides is 1. The van der Waals surface area contributed by atoms with Crippen molar-refractivity contribution in [3.63, 3.8) is 0 Å². The molecule has 0 fully saturated rings. The molecule has 18 heavy (non-hydrogen) atoms. The van der Waals surface area contributed by atoms with Crippen LogP contribution in [0.5, 0.6) is 0 Å². The lowest BCUT2D eigenvalue weighted by Gasteiger charge is -2.25. The topological polar surface area (TPSA) is 46.3 Å². The van der Waals surface area contributed by atoms with Crippen molar-refractivity contribution in [1.29, 1.82) is 0 Å². The first-order valence-electron chi connectivity index (χ1n) is 5.33. The van der Waals surface area contributed by atoms with Crippen LogP contribution in [0, 0.1) is 0 Å². The van der Waals surface area contributed by atoms with Crippen LogP contribution in [0.4, 0.5) is 0 Å². The second-order valence-corrected chi connectivity index (χ2v) is 5.43. The van der Waals surface area contributed by atoms with Crippen molar-refractivity contribution in [2.75, 3.05) is 7.05 Å². The minimum atomic E-state index is -0.203. The molecule has 0 heterocycles. The van der Waals surface area contributed by atoms with E-state index >= 15 is 0 Å². The second-order valence-electron chi connectivity index (χ2n) is 4.06. The molecule has 0 aliphatic carbocycles. The number of hydrogen-bond acceptors (Lipinski definition) is 2. The molecule has 0 saturated heterocycles. The van der Waals surface area contributed by atoms with E-state index < -0.39 is 0 Å². The third-order valence-corrected chi connectivity index (χ3v) is 3.37. The van der Waals surface area contributed by atoms with Gasteiger partial charge in [0, 0.05) is 24.5 Å². The average molecular weight is 305 g/mol. The quantitative estimate of drug-likeness (QED) is 0.869. The Kier molecular flexibility index (Phi) is 5.38. The molecular formula is C12H14Cl2N2OS. The Balaban J connectivity index is 2.92. The maximum Gasteiger partial charge on any atom is 0.255 e. The highest BCUT2D eigenvalue weighted by atomic mass is 35.5. The lowest BCUT2D eigenvalue weighted by Crippen LogP contribution is -2.37. The van der Waals surface area contributed by atoms with Crippen LogP contribution in [0.15, 0.2) is 18.2 Å². The molecule has 1 rings (SSSR count). The van der Waals surface area contributed by atoms with Crippen LogP contribution >= 0.6 is 35.4 Å². The predicted octanol–water partition coefficient (Wildman–Crippen LogP) is 3.13. The van der Waals surface area contributed by atoms with Gasteiger partial charge in [0.1, 0.15) is 0 Å². The summed E-state index contributed by atoms with van der Waals surface area (Å²) in [5.41, 5.74) is 5.85. The second kappa shape index (κ2) is 6.36. The van der Waals surface area contributed by atoms with Crippen molar-refractivity contribution >= 4 is 46.3 Å². The number of carbonyl (C=O) groups excluding carboxylic acids is 1. The van der Waals surface area contributed by atoms with Crippen molar-refractivity contribution < 1.29 is 4.79 Å². The predicted molar refractivity (Wildman–Crippen MR) is 79.4 cm³/mol. The zero-order chi connectivity index (χ0) is 13.9. The number of hydrogen-bond donors (Lipinski definition) is 1. The fourth-order valence-corrected chi connectivity index (χ4v) is 2.09. The Labute approximate surface area is 122 Å². The Morgan fingerprint density at radius 3 is 2.67 bits per heavy atom. The van der Waals surface area contributed by atoms with E-state index in [1.165, 1.54) is 0 Å². The molecule has 98 valence electrons. The minimum absolute atomic E-state index is 0.0925. The molecule has 0 bridgehead atoms. The maximum absolute atomic E-state index is 12.2. The molecule has 3 nitrogen and oxygen atoms in total. The number of benzene rings is 1. The summed E-state index contributed by atoms with van der Waals surface area (Å²) < 4.78 is 0. The summed E-state index contributed by atoms with van der Waals surface area (Å²) in [6, 6.07) is 4.70. The first kappa shape index (κ1) is 15.2. The van der Waals surface area contributed by atoms with Crippen molar-refractivity contribution in [2.45, 2.75) is 19.4 Å². The molecule has 1 unspecified atom stereocenters. The fraction of sp³-hybridized carbons (Fsp3) is 0.333. The summed E-state index contributed by atoms with van der Waals surface area (Å²) in [5, 5.41) is 0.844. The number of nitrogens with two attached hydrogens (primary N) is 1. The monoisotopic (exact) mass is 304 g/mol. The van der Waals surface area contributed by atoms with Crippen LogP contribution in [0.3, 0.4) is 0 Å². The van der Waals surface area contributed by atoms with Crippen molar-refractivity contribution in [3.05, 3.63) is 33.8 Å². The summed E-state index contributed by atoms with van der Waals surface area (Å²) in [7, 11) is 1.68. The molecule has 6 heteroatoms. The molecular weight excluding hydrogens is 291 g/mol. The number of nitrogens with zero attached hydrogens (tertiary/aromatic N) is 1. The summed E-state index contributed by atoms with van der Waals surface area (Å²) in [4.78, 5) is 14.2. The van der Waals surface area contributed by atoms with Crippen LogP contribution in [0.25, 0.3) is 0 Å². The van der Waals surface area contributed by atoms with Gasteiger partial charge in [-0.3, -0.25) is 4.79 Å². The molecule has 0 saturated carbocycles. The van der Waals surface area contributed by atoms with Gasteiger partial charge in [-0.25, -0.2) is 0 Å². The van der Waals surface area contributed by atoms with E-state index in [4.69, 9.17) is 41.2 Å². The molecule has 0 aliphatic heterocycles. The van der Waals surface area contributed by atoms with Gasteiger partial charge in [-0.2, -0.15) is 0 Å². The molecule has 1 atom stereocenters. The van der Waals surface area contributed by atoms with Crippen LogP contribution in [-0.2, 0) is 0 Å². The zero-order valence-electron chi connectivity index (χ0n) is 10.1. The van der Waals surface area contributed by atoms with Gasteiger partial charge in [0.05, 0.1) is 15.6 Å². The summed E-state index contributed by atoms with van der Waals surface area (Å²) in [5.74, 6) is -0.203. The molecule has 0 aromatic heterocycles. The van der Waals surface area contributed by atoms with E-state index in [0.29, 0.717) is 27.0 Å². The lowest BCUT2D eigenvalue weighted by molar-refractivity contribution is 0.0748. The Bertz CT molecular complexity index is 479. The van der Waals surface area contributed by atoms with Crippen LogP contribution in [-0.4, -0.2) is 28.9 Å². The first-order valence-corrected chi connectivity index (χ1v) is 6.50. The van der Waals surface area contributed by atoms with E-state index in [0.717, 1.165) is 0 Å². The van der Waals surface area contributed by atoms with Gasteiger partial charge in [-0.1, -0.05) is 35.4 Å². The SMILES string of the molecule is CC(CC(N)=S)N(C)C(=O)c1cc(Cl)ccc1Cl. The largest absolute Gasteiger partial charge is 0.393 e. The van der Waals surface area contributed by atoms with Crippen molar-refractivity contribution in [2.24, 2.45) is 5.73 Å². The summed E-state index contributed by atoms with van der Waals surface area (Å²) in [6.07, 6.45) is 0.468. The standard InChI is InChI=1S/C12H14Cl2N2OS/c1-7(5-11(15)18)16(2)12(17)9-6-8(13)3-4-10(9)14/h3-4,6-7H,5H2,1-2H3,(H2,15,18). The van der Waals surface area contributed by atoms with Crippen LogP contribution < -0.4 is 5.73 Å². The normalized spacial score (nSPS) is 12.0. The van der Waals surface area contributed by atoms with Gasteiger partial charge in [0.15, 0.2) is 0 Å². The molecule has 2 N–H and O–H groups in total. The van der Waals surface area contributed by atoms with E-state index in [1.54, 1.807) is 30.1 Å². The fourth-order valence-electron chi connectivity index (χ4n) is 1.48. The van der Waals surface area contributed by atoms with Gasteiger partial charge < -0.3 is 10.6 Å². The Morgan fingerprint density at radius 2 is 2.11 bits per heavy atom. The maximum atomic E-state index is 12.2. The highest BCUT2D eigenvalue weighted by molar-refractivity contribution is 7.80. The number of thiocarbonyl (C=S) groups is 1. The summed E-state index contributed by atoms with van der Waals surface area (Å²) >= 11 is 16.7. The molecule has 0 aliphatic rings. The highest BCUT2D eigenvalue weighted by Crippen LogP contribution is 2.22. The van der Waals surface area contributed by atoms with Crippen molar-refractivity contribution in [1.82, 2.24) is 4.90 Å². The highest BCUT2D eigenvalue weighted by Gasteiger charge is 2.20. The Hall–Kier alpha value is -0.840. The third-order valence-electron chi connectivity index (χ3n) is 2.64. The van der Waals surface area contributed by atoms with Crippen LogP contribution in [0.1, 0.15) is 23.7 Å². The third kappa shape index (κ3) is 3.83. The van der Waals surface area contributed by atoms with E-state index in [9.17, 15) is 4.79 Å². The first-order chi connectivity index (χ1) is 8.32. The van der Waals surface area contributed by atoms with E-state index in [2.05, 4.69) is 0 Å². The van der Waals surface area contributed by atoms with Gasteiger partial charge in [-0.15, -0.1) is 0 Å². The van der Waals surface area contributed by atoms with E-state index in [1.807, 2.05) is 6.92 Å². The van der Waals surface area contributed by atoms with Gasteiger partial charge in [0.25, 0.3) is 5.91 Å². The Morgan fingerprint density at radius 1 is 1.50 bits per heavy atom. The van der Waals surface area contributed by atoms with Gasteiger partial charge >= 0.3 is 0 Å². The smallest absolute Gasteiger partial charge is 0.255 e. The van der Waals surface area contributed by atoms with Gasteiger partial charge in [0.2, 0.25) is 0 Å². The molecule has 0 radical (unpaired) electrons. The number of halogens is 2. The van der Waals surface area contributed by atoms with E-state index in [-0.39, 0.29) is 11.9 Å².